The molecular weight excluding hydrogens is 410 g/mol. The Morgan fingerprint density at radius 3 is 2.52 bits per heavy atom. The van der Waals surface area contributed by atoms with Crippen LogP contribution in [0.5, 0.6) is 5.75 Å². The molecule has 1 aliphatic rings. The molecule has 0 radical (unpaired) electrons. The molecule has 2 aromatic carbocycles. The third-order valence-electron chi connectivity index (χ3n) is 5.37. The van der Waals surface area contributed by atoms with Crippen LogP contribution in [0.25, 0.3) is 10.9 Å². The molecule has 1 fully saturated rings. The van der Waals surface area contributed by atoms with Crippen molar-refractivity contribution in [3.8, 4) is 5.75 Å². The maximum atomic E-state index is 13.2. The highest BCUT2D eigenvalue weighted by Gasteiger charge is 2.23. The minimum Gasteiger partial charge on any atom is -0.494 e. The standard InChI is InChI=1S/C21H24ClN3O3S/c1-23-8-10-24(11-9-23)14-16-6-7-20-19(12-16)21(28-2)15-25(20)29(26,27)18-5-3-4-17(22)13-18/h3-7,12-13,15H,8-11,14H2,1-2H3. The molecule has 4 rings (SSSR count). The van der Waals surface area contributed by atoms with Gasteiger partial charge in [-0.05, 0) is 42.9 Å². The van der Waals surface area contributed by atoms with E-state index in [1.54, 1.807) is 25.3 Å². The molecule has 0 N–H and O–H groups in total. The van der Waals surface area contributed by atoms with Crippen LogP contribution in [0, 0.1) is 0 Å². The fourth-order valence-corrected chi connectivity index (χ4v) is 5.34. The van der Waals surface area contributed by atoms with E-state index in [0.717, 1.165) is 43.7 Å². The number of fused-ring (bicyclic) bond motifs is 1. The van der Waals surface area contributed by atoms with Gasteiger partial charge in [0.05, 0.1) is 23.7 Å². The smallest absolute Gasteiger partial charge is 0.268 e. The number of benzene rings is 2. The molecule has 1 aromatic heterocycles. The molecule has 0 saturated carbocycles. The molecule has 1 saturated heterocycles. The van der Waals surface area contributed by atoms with Gasteiger partial charge in [-0.1, -0.05) is 23.7 Å². The number of rotatable bonds is 5. The van der Waals surface area contributed by atoms with Gasteiger partial charge in [0, 0.05) is 43.1 Å². The zero-order valence-corrected chi connectivity index (χ0v) is 18.1. The van der Waals surface area contributed by atoms with Gasteiger partial charge in [-0.3, -0.25) is 4.90 Å². The Hall–Kier alpha value is -2.06. The lowest BCUT2D eigenvalue weighted by molar-refractivity contribution is 0.148. The summed E-state index contributed by atoms with van der Waals surface area (Å²) in [5.74, 6) is 0.533. The molecule has 8 heteroatoms. The van der Waals surface area contributed by atoms with Gasteiger partial charge in [-0.25, -0.2) is 12.4 Å². The van der Waals surface area contributed by atoms with Crippen LogP contribution in [0.15, 0.2) is 53.6 Å². The summed E-state index contributed by atoms with van der Waals surface area (Å²) in [5, 5.41) is 1.16. The molecule has 29 heavy (non-hydrogen) atoms. The van der Waals surface area contributed by atoms with Gasteiger partial charge >= 0.3 is 0 Å². The Kier molecular flexibility index (Phi) is 5.57. The Morgan fingerprint density at radius 2 is 1.83 bits per heavy atom. The number of ether oxygens (including phenoxy) is 1. The molecule has 0 bridgehead atoms. The second-order valence-electron chi connectivity index (χ2n) is 7.39. The number of likely N-dealkylation sites (N-methyl/N-ethyl adjacent to an activating group) is 1. The van der Waals surface area contributed by atoms with Crippen molar-refractivity contribution in [3.63, 3.8) is 0 Å². The summed E-state index contributed by atoms with van der Waals surface area (Å²) in [6.07, 6.45) is 1.53. The number of piperazine rings is 1. The van der Waals surface area contributed by atoms with Crippen molar-refractivity contribution < 1.29 is 13.2 Å². The summed E-state index contributed by atoms with van der Waals surface area (Å²) in [6, 6.07) is 12.1. The summed E-state index contributed by atoms with van der Waals surface area (Å²) in [4.78, 5) is 4.88. The molecule has 0 spiro atoms. The largest absolute Gasteiger partial charge is 0.494 e. The average molecular weight is 434 g/mol. The Balaban J connectivity index is 1.72. The SMILES string of the molecule is COc1cn(S(=O)(=O)c2cccc(Cl)c2)c2ccc(CN3CCN(C)CC3)cc12. The van der Waals surface area contributed by atoms with Crippen LogP contribution < -0.4 is 4.74 Å². The van der Waals surface area contributed by atoms with Gasteiger partial charge in [0.1, 0.15) is 5.75 Å². The normalized spacial score (nSPS) is 16.4. The van der Waals surface area contributed by atoms with Crippen LogP contribution in [0.2, 0.25) is 5.02 Å². The van der Waals surface area contributed by atoms with Crippen LogP contribution in [0.3, 0.4) is 0 Å². The fourth-order valence-electron chi connectivity index (χ4n) is 3.68. The number of halogens is 1. The molecule has 0 amide bonds. The molecule has 1 aliphatic heterocycles. The lowest BCUT2D eigenvalue weighted by atomic mass is 10.1. The summed E-state index contributed by atoms with van der Waals surface area (Å²) in [6.45, 7) is 4.99. The topological polar surface area (TPSA) is 54.8 Å². The molecule has 3 aromatic rings. The lowest BCUT2D eigenvalue weighted by Gasteiger charge is -2.32. The maximum absolute atomic E-state index is 13.2. The van der Waals surface area contributed by atoms with Crippen LogP contribution >= 0.6 is 11.6 Å². The monoisotopic (exact) mass is 433 g/mol. The minimum absolute atomic E-state index is 0.145. The molecule has 0 unspecified atom stereocenters. The van der Waals surface area contributed by atoms with Gasteiger partial charge in [0.25, 0.3) is 10.0 Å². The lowest BCUT2D eigenvalue weighted by Crippen LogP contribution is -2.43. The molecule has 2 heterocycles. The van der Waals surface area contributed by atoms with Crippen molar-refractivity contribution in [2.75, 3.05) is 40.3 Å². The molecule has 6 nitrogen and oxygen atoms in total. The van der Waals surface area contributed by atoms with Crippen LogP contribution in [-0.4, -0.2) is 62.5 Å². The van der Waals surface area contributed by atoms with Gasteiger partial charge in [-0.2, -0.15) is 0 Å². The van der Waals surface area contributed by atoms with E-state index in [4.69, 9.17) is 16.3 Å². The van der Waals surface area contributed by atoms with E-state index in [2.05, 4.69) is 16.8 Å². The van der Waals surface area contributed by atoms with Gasteiger partial charge in [0.2, 0.25) is 0 Å². The summed E-state index contributed by atoms with van der Waals surface area (Å²) in [5.41, 5.74) is 1.72. The predicted octanol–water partition coefficient (Wildman–Crippen LogP) is 3.29. The highest BCUT2D eigenvalue weighted by molar-refractivity contribution is 7.90. The maximum Gasteiger partial charge on any atom is 0.268 e. The van der Waals surface area contributed by atoms with Crippen molar-refractivity contribution in [2.45, 2.75) is 11.4 Å². The first kappa shape index (κ1) is 20.2. The number of aromatic nitrogens is 1. The predicted molar refractivity (Wildman–Crippen MR) is 115 cm³/mol. The Labute approximate surface area is 176 Å². The summed E-state index contributed by atoms with van der Waals surface area (Å²) < 4.78 is 33.2. The van der Waals surface area contributed by atoms with Crippen molar-refractivity contribution in [1.82, 2.24) is 13.8 Å². The van der Waals surface area contributed by atoms with Crippen molar-refractivity contribution in [1.29, 1.82) is 0 Å². The first-order valence-corrected chi connectivity index (χ1v) is 11.3. The third-order valence-corrected chi connectivity index (χ3v) is 7.28. The highest BCUT2D eigenvalue weighted by atomic mass is 35.5. The Morgan fingerprint density at radius 1 is 1.07 bits per heavy atom. The van der Waals surface area contributed by atoms with Gasteiger partial charge in [-0.15, -0.1) is 0 Å². The van der Waals surface area contributed by atoms with Crippen molar-refractivity contribution >= 4 is 32.5 Å². The molecule has 154 valence electrons. The quantitative estimate of drug-likeness (QED) is 0.618. The van der Waals surface area contributed by atoms with E-state index >= 15 is 0 Å². The molecule has 0 aliphatic carbocycles. The van der Waals surface area contributed by atoms with E-state index in [0.29, 0.717) is 16.3 Å². The van der Waals surface area contributed by atoms with Crippen molar-refractivity contribution in [3.05, 3.63) is 59.2 Å². The molecule has 0 atom stereocenters. The van der Waals surface area contributed by atoms with E-state index in [-0.39, 0.29) is 4.90 Å². The number of hydrogen-bond donors (Lipinski definition) is 0. The first-order valence-electron chi connectivity index (χ1n) is 9.48. The second kappa shape index (κ2) is 7.99. The summed E-state index contributed by atoms with van der Waals surface area (Å²) >= 11 is 6.01. The second-order valence-corrected chi connectivity index (χ2v) is 9.64. The zero-order chi connectivity index (χ0) is 20.6. The molecular formula is C21H24ClN3O3S. The number of nitrogens with zero attached hydrogens (tertiary/aromatic N) is 3. The van der Waals surface area contributed by atoms with E-state index in [9.17, 15) is 8.42 Å². The van der Waals surface area contributed by atoms with Crippen LogP contribution in [-0.2, 0) is 16.6 Å². The highest BCUT2D eigenvalue weighted by Crippen LogP contribution is 2.32. The third kappa shape index (κ3) is 4.00. The number of methoxy groups -OCH3 is 1. The first-order chi connectivity index (χ1) is 13.9. The number of hydrogen-bond acceptors (Lipinski definition) is 5. The average Bonchev–Trinajstić information content (AvgIpc) is 3.08. The van der Waals surface area contributed by atoms with Gasteiger partial charge in [0.15, 0.2) is 0 Å². The summed E-state index contributed by atoms with van der Waals surface area (Å²) in [7, 11) is -0.0972. The van der Waals surface area contributed by atoms with Crippen LogP contribution in [0.4, 0.5) is 0 Å². The zero-order valence-electron chi connectivity index (χ0n) is 16.5. The van der Waals surface area contributed by atoms with E-state index < -0.39 is 10.0 Å². The van der Waals surface area contributed by atoms with E-state index in [1.807, 2.05) is 18.2 Å². The fraction of sp³-hybridized carbons (Fsp3) is 0.333. The Bertz CT molecular complexity index is 1140. The minimum atomic E-state index is -3.79. The van der Waals surface area contributed by atoms with Crippen molar-refractivity contribution in [2.24, 2.45) is 0 Å². The van der Waals surface area contributed by atoms with Crippen LogP contribution in [0.1, 0.15) is 5.56 Å². The van der Waals surface area contributed by atoms with Gasteiger partial charge < -0.3 is 9.64 Å². The van der Waals surface area contributed by atoms with E-state index in [1.165, 1.54) is 16.2 Å².